The van der Waals surface area contributed by atoms with E-state index in [0.29, 0.717) is 19.2 Å². The molecule has 0 N–H and O–H groups in total. The van der Waals surface area contributed by atoms with Gasteiger partial charge in [0.1, 0.15) is 12.4 Å². The molecule has 0 saturated carbocycles. The number of rotatable bonds is 5. The Hall–Kier alpha value is -2.96. The van der Waals surface area contributed by atoms with Gasteiger partial charge in [0.05, 0.1) is 22.2 Å². The van der Waals surface area contributed by atoms with E-state index in [2.05, 4.69) is 9.73 Å². The maximum absolute atomic E-state index is 14.4. The second-order valence-electron chi connectivity index (χ2n) is 7.33. The van der Waals surface area contributed by atoms with E-state index in [0.717, 1.165) is 41.9 Å². The first-order chi connectivity index (χ1) is 15.7. The minimum Gasteiger partial charge on any atom is -0.468 e. The monoisotopic (exact) mass is 495 g/mol. The van der Waals surface area contributed by atoms with Gasteiger partial charge in [0.2, 0.25) is 10.0 Å². The van der Waals surface area contributed by atoms with Crippen molar-refractivity contribution < 1.29 is 31.5 Å². The lowest BCUT2D eigenvalue weighted by Gasteiger charge is -2.15. The van der Waals surface area contributed by atoms with Gasteiger partial charge in [0.15, 0.2) is 10.6 Å². The molecule has 1 fully saturated rings. The molecule has 0 unspecified atom stereocenters. The lowest BCUT2D eigenvalue weighted by molar-refractivity contribution is -0.141. The summed E-state index contributed by atoms with van der Waals surface area (Å²) >= 11 is 0.837. The second-order valence-corrected chi connectivity index (χ2v) is 10.3. The Kier molecular flexibility index (Phi) is 6.41. The standard InChI is InChI=1S/C21H19F2N3O5S2/c1-31-18(27)12-26-19-16(23)10-14(22)11-17(19)32-21(26)24-20(28)13-4-6-15(7-5-13)33(29,30)25-8-2-3-9-25/h4-7,10-11H,2-3,8-9,12H2,1H3. The van der Waals surface area contributed by atoms with Crippen molar-refractivity contribution in [1.29, 1.82) is 0 Å². The van der Waals surface area contributed by atoms with Gasteiger partial charge in [-0.3, -0.25) is 9.59 Å². The van der Waals surface area contributed by atoms with Gasteiger partial charge in [0, 0.05) is 24.7 Å². The summed E-state index contributed by atoms with van der Waals surface area (Å²) in [5.41, 5.74) is 0.0227. The smallest absolute Gasteiger partial charge is 0.325 e. The van der Waals surface area contributed by atoms with E-state index in [1.54, 1.807) is 0 Å². The van der Waals surface area contributed by atoms with E-state index in [4.69, 9.17) is 0 Å². The van der Waals surface area contributed by atoms with E-state index in [1.165, 1.54) is 28.6 Å². The van der Waals surface area contributed by atoms with E-state index in [-0.39, 0.29) is 25.5 Å². The van der Waals surface area contributed by atoms with Crippen LogP contribution in [0.3, 0.4) is 0 Å². The first kappa shape index (κ1) is 23.2. The Morgan fingerprint density at radius 3 is 2.42 bits per heavy atom. The number of methoxy groups -OCH3 is 1. The molecule has 1 aliphatic heterocycles. The van der Waals surface area contributed by atoms with Crippen LogP contribution in [0.4, 0.5) is 8.78 Å². The highest BCUT2D eigenvalue weighted by molar-refractivity contribution is 7.89. The van der Waals surface area contributed by atoms with Crippen LogP contribution in [-0.4, -0.2) is 49.4 Å². The molecule has 1 amide bonds. The normalized spacial score (nSPS) is 15.3. The molecule has 174 valence electrons. The van der Waals surface area contributed by atoms with Crippen LogP contribution in [0, 0.1) is 11.6 Å². The number of sulfonamides is 1. The lowest BCUT2D eigenvalue weighted by atomic mass is 10.2. The molecule has 2 heterocycles. The maximum Gasteiger partial charge on any atom is 0.325 e. The Bertz CT molecular complexity index is 1410. The Balaban J connectivity index is 1.72. The highest BCUT2D eigenvalue weighted by Gasteiger charge is 2.27. The van der Waals surface area contributed by atoms with E-state index in [1.807, 2.05) is 0 Å². The maximum atomic E-state index is 14.4. The minimum atomic E-state index is -3.63. The largest absolute Gasteiger partial charge is 0.468 e. The van der Waals surface area contributed by atoms with Crippen molar-refractivity contribution in [3.63, 3.8) is 0 Å². The predicted octanol–water partition coefficient (Wildman–Crippen LogP) is 2.68. The number of halogens is 2. The first-order valence-electron chi connectivity index (χ1n) is 9.95. The van der Waals surface area contributed by atoms with E-state index < -0.39 is 40.1 Å². The molecular formula is C21H19F2N3O5S2. The SMILES string of the molecule is COC(=O)Cn1c(=NC(=O)c2ccc(S(=O)(=O)N3CCCC3)cc2)sc2cc(F)cc(F)c21. The molecule has 0 bridgehead atoms. The van der Waals surface area contributed by atoms with Gasteiger partial charge in [-0.1, -0.05) is 11.3 Å². The summed E-state index contributed by atoms with van der Waals surface area (Å²) in [5, 5.41) is 0. The molecule has 8 nitrogen and oxygen atoms in total. The van der Waals surface area contributed by atoms with Crippen LogP contribution in [0.15, 0.2) is 46.3 Å². The van der Waals surface area contributed by atoms with Crippen LogP contribution >= 0.6 is 11.3 Å². The topological polar surface area (TPSA) is 98.0 Å². The van der Waals surface area contributed by atoms with Crippen molar-refractivity contribution in [2.45, 2.75) is 24.3 Å². The number of aromatic nitrogens is 1. The van der Waals surface area contributed by atoms with Crippen LogP contribution in [0.1, 0.15) is 23.2 Å². The molecule has 0 atom stereocenters. The van der Waals surface area contributed by atoms with Crippen molar-refractivity contribution in [3.05, 3.63) is 58.4 Å². The summed E-state index contributed by atoms with van der Waals surface area (Å²) in [7, 11) is -2.47. The molecule has 1 aromatic heterocycles. The molecule has 0 aliphatic carbocycles. The van der Waals surface area contributed by atoms with Gasteiger partial charge in [-0.05, 0) is 43.2 Å². The summed E-state index contributed by atoms with van der Waals surface area (Å²) in [4.78, 5) is 28.6. The number of nitrogens with zero attached hydrogens (tertiary/aromatic N) is 3. The van der Waals surface area contributed by atoms with Crippen LogP contribution in [0.2, 0.25) is 0 Å². The van der Waals surface area contributed by atoms with E-state index in [9.17, 15) is 26.8 Å². The summed E-state index contributed by atoms with van der Waals surface area (Å²) in [6.45, 7) is 0.488. The fourth-order valence-electron chi connectivity index (χ4n) is 3.55. The number of amides is 1. The zero-order valence-corrected chi connectivity index (χ0v) is 19.1. The molecule has 33 heavy (non-hydrogen) atoms. The van der Waals surface area contributed by atoms with Gasteiger partial charge < -0.3 is 9.30 Å². The molecule has 12 heteroatoms. The molecule has 2 aromatic carbocycles. The highest BCUT2D eigenvalue weighted by Crippen LogP contribution is 2.23. The third-order valence-corrected chi connectivity index (χ3v) is 8.15. The van der Waals surface area contributed by atoms with Gasteiger partial charge in [-0.25, -0.2) is 17.2 Å². The van der Waals surface area contributed by atoms with Crippen molar-refractivity contribution in [2.75, 3.05) is 20.2 Å². The van der Waals surface area contributed by atoms with Crippen molar-refractivity contribution in [1.82, 2.24) is 8.87 Å². The summed E-state index contributed by atoms with van der Waals surface area (Å²) < 4.78 is 60.7. The number of hydrogen-bond donors (Lipinski definition) is 0. The van der Waals surface area contributed by atoms with Crippen molar-refractivity contribution >= 4 is 43.5 Å². The third kappa shape index (κ3) is 4.59. The Labute approximate surface area is 191 Å². The summed E-state index contributed by atoms with van der Waals surface area (Å²) in [6.07, 6.45) is 1.61. The summed E-state index contributed by atoms with van der Waals surface area (Å²) in [6, 6.07) is 7.10. The number of carbonyl (C=O) groups excluding carboxylic acids is 2. The summed E-state index contributed by atoms with van der Waals surface area (Å²) in [5.74, 6) is -3.15. The zero-order chi connectivity index (χ0) is 23.8. The number of esters is 1. The fourth-order valence-corrected chi connectivity index (χ4v) is 6.14. The van der Waals surface area contributed by atoms with Gasteiger partial charge in [-0.2, -0.15) is 9.30 Å². The zero-order valence-electron chi connectivity index (χ0n) is 17.5. The predicted molar refractivity (Wildman–Crippen MR) is 116 cm³/mol. The molecule has 1 aliphatic rings. The third-order valence-electron chi connectivity index (χ3n) is 5.21. The van der Waals surface area contributed by atoms with Crippen LogP contribution in [0.25, 0.3) is 10.2 Å². The average molecular weight is 496 g/mol. The Morgan fingerprint density at radius 2 is 1.79 bits per heavy atom. The molecule has 1 saturated heterocycles. The average Bonchev–Trinajstić information content (AvgIpc) is 3.43. The van der Waals surface area contributed by atoms with Crippen LogP contribution < -0.4 is 4.80 Å². The number of ether oxygens (including phenoxy) is 1. The number of fused-ring (bicyclic) bond motifs is 1. The van der Waals surface area contributed by atoms with Crippen LogP contribution in [0.5, 0.6) is 0 Å². The lowest BCUT2D eigenvalue weighted by Crippen LogP contribution is -2.27. The number of benzene rings is 2. The van der Waals surface area contributed by atoms with Gasteiger partial charge >= 0.3 is 5.97 Å². The molecule has 0 spiro atoms. The minimum absolute atomic E-state index is 0.0290. The first-order valence-corrected chi connectivity index (χ1v) is 12.2. The van der Waals surface area contributed by atoms with Crippen molar-refractivity contribution in [3.8, 4) is 0 Å². The van der Waals surface area contributed by atoms with E-state index >= 15 is 0 Å². The quantitative estimate of drug-likeness (QED) is 0.507. The number of thiazole rings is 1. The Morgan fingerprint density at radius 1 is 1.12 bits per heavy atom. The molecule has 3 aromatic rings. The highest BCUT2D eigenvalue weighted by atomic mass is 32.2. The van der Waals surface area contributed by atoms with Crippen LogP contribution in [-0.2, 0) is 26.1 Å². The van der Waals surface area contributed by atoms with Crippen molar-refractivity contribution in [2.24, 2.45) is 4.99 Å². The fraction of sp³-hybridized carbons (Fsp3) is 0.286. The van der Waals surface area contributed by atoms with Gasteiger partial charge in [-0.15, -0.1) is 0 Å². The number of hydrogen-bond acceptors (Lipinski definition) is 6. The molecule has 0 radical (unpaired) electrons. The second kappa shape index (κ2) is 9.12. The molecule has 4 rings (SSSR count). The van der Waals surface area contributed by atoms with Gasteiger partial charge in [0.25, 0.3) is 5.91 Å². The molecular weight excluding hydrogens is 476 g/mol. The number of carbonyl (C=O) groups is 2.